The Hall–Kier alpha value is -0.640. The van der Waals surface area contributed by atoms with Crippen molar-refractivity contribution in [2.45, 2.75) is 24.3 Å². The molecule has 0 saturated carbocycles. The van der Waals surface area contributed by atoms with Crippen molar-refractivity contribution in [3.63, 3.8) is 0 Å². The van der Waals surface area contributed by atoms with Gasteiger partial charge in [0.2, 0.25) is 10.0 Å². The molecule has 1 aromatic carbocycles. The van der Waals surface area contributed by atoms with Gasteiger partial charge in [0, 0.05) is 16.2 Å². The van der Waals surface area contributed by atoms with Crippen LogP contribution in [0.2, 0.25) is 0 Å². The van der Waals surface area contributed by atoms with Gasteiger partial charge < -0.3 is 5.73 Å². The van der Waals surface area contributed by atoms with Gasteiger partial charge in [0.1, 0.15) is 0 Å². The molecule has 0 bridgehead atoms. The zero-order chi connectivity index (χ0) is 15.1. The van der Waals surface area contributed by atoms with Crippen LogP contribution in [0.3, 0.4) is 0 Å². The lowest BCUT2D eigenvalue weighted by atomic mass is 10.2. The van der Waals surface area contributed by atoms with E-state index in [-0.39, 0.29) is 16.4 Å². The Kier molecular flexibility index (Phi) is 4.16. The molecule has 0 amide bonds. The van der Waals surface area contributed by atoms with E-state index in [0.29, 0.717) is 22.1 Å². The summed E-state index contributed by atoms with van der Waals surface area (Å²) in [6, 6.07) is 2.50. The minimum absolute atomic E-state index is 0.0137. The fourth-order valence-electron chi connectivity index (χ4n) is 2.12. The molecule has 1 unspecified atom stereocenters. The normalized spacial score (nSPS) is 22.0. The first-order valence-electron chi connectivity index (χ1n) is 5.89. The maximum atomic E-state index is 12.3. The summed E-state index contributed by atoms with van der Waals surface area (Å²) >= 11 is 3.20. The van der Waals surface area contributed by atoms with Crippen LogP contribution in [-0.4, -0.2) is 34.4 Å². The molecule has 1 heterocycles. The lowest BCUT2D eigenvalue weighted by molar-refractivity contribution is 0.562. The van der Waals surface area contributed by atoms with Crippen LogP contribution >= 0.6 is 15.9 Å². The first-order chi connectivity index (χ1) is 9.11. The third-order valence-electron chi connectivity index (χ3n) is 3.21. The second-order valence-electron chi connectivity index (χ2n) is 4.84. The van der Waals surface area contributed by atoms with Crippen molar-refractivity contribution in [1.82, 2.24) is 4.72 Å². The zero-order valence-electron chi connectivity index (χ0n) is 10.8. The van der Waals surface area contributed by atoms with E-state index in [4.69, 9.17) is 5.73 Å². The topological polar surface area (TPSA) is 106 Å². The Morgan fingerprint density at radius 3 is 2.60 bits per heavy atom. The van der Waals surface area contributed by atoms with Crippen molar-refractivity contribution in [3.05, 3.63) is 22.2 Å². The Morgan fingerprint density at radius 1 is 1.40 bits per heavy atom. The fraction of sp³-hybridized carbons (Fsp3) is 0.455. The predicted molar refractivity (Wildman–Crippen MR) is 80.7 cm³/mol. The first kappa shape index (κ1) is 15.7. The Balaban J connectivity index is 2.32. The van der Waals surface area contributed by atoms with Gasteiger partial charge in [-0.05, 0) is 31.0 Å². The molecule has 9 heteroatoms. The van der Waals surface area contributed by atoms with E-state index in [1.807, 2.05) is 0 Å². The van der Waals surface area contributed by atoms with Crippen LogP contribution in [0.15, 0.2) is 21.5 Å². The molecule has 1 aromatic rings. The van der Waals surface area contributed by atoms with E-state index in [2.05, 4.69) is 20.7 Å². The lowest BCUT2D eigenvalue weighted by Crippen LogP contribution is -2.36. The number of hydrogen-bond acceptors (Lipinski definition) is 5. The van der Waals surface area contributed by atoms with E-state index in [0.717, 1.165) is 0 Å². The Bertz CT molecular complexity index is 744. The molecule has 3 N–H and O–H groups in total. The van der Waals surface area contributed by atoms with Gasteiger partial charge in [-0.25, -0.2) is 21.6 Å². The number of sulfone groups is 1. The first-order valence-corrected chi connectivity index (χ1v) is 9.99. The van der Waals surface area contributed by atoms with Crippen LogP contribution in [0.4, 0.5) is 5.69 Å². The molecule has 0 aromatic heterocycles. The van der Waals surface area contributed by atoms with Crippen LogP contribution in [0, 0.1) is 6.92 Å². The highest BCUT2D eigenvalue weighted by Gasteiger charge is 2.32. The monoisotopic (exact) mass is 382 g/mol. The molecule has 112 valence electrons. The van der Waals surface area contributed by atoms with Gasteiger partial charge in [-0.3, -0.25) is 0 Å². The van der Waals surface area contributed by atoms with Gasteiger partial charge in [-0.2, -0.15) is 0 Å². The molecular weight excluding hydrogens is 368 g/mol. The number of anilines is 1. The number of sulfonamides is 1. The Morgan fingerprint density at radius 2 is 2.05 bits per heavy atom. The third-order valence-corrected chi connectivity index (χ3v) is 7.08. The predicted octanol–water partition coefficient (Wildman–Crippen LogP) is 0.805. The SMILES string of the molecule is Cc1c(N)cc(Br)cc1S(=O)(=O)NC1CCS(=O)(=O)C1. The number of nitrogens with two attached hydrogens (primary N) is 1. The number of nitrogen functional groups attached to an aromatic ring is 1. The molecule has 20 heavy (non-hydrogen) atoms. The van der Waals surface area contributed by atoms with Gasteiger partial charge in [0.25, 0.3) is 0 Å². The molecule has 0 radical (unpaired) electrons. The van der Waals surface area contributed by atoms with E-state index in [1.165, 1.54) is 6.07 Å². The molecule has 1 aliphatic rings. The van der Waals surface area contributed by atoms with Crippen molar-refractivity contribution in [2.24, 2.45) is 0 Å². The average molecular weight is 383 g/mol. The maximum absolute atomic E-state index is 12.3. The largest absolute Gasteiger partial charge is 0.398 e. The smallest absolute Gasteiger partial charge is 0.241 e. The van der Waals surface area contributed by atoms with Gasteiger partial charge in [-0.15, -0.1) is 0 Å². The number of nitrogens with one attached hydrogen (secondary N) is 1. The van der Waals surface area contributed by atoms with Crippen molar-refractivity contribution in [3.8, 4) is 0 Å². The highest BCUT2D eigenvalue weighted by atomic mass is 79.9. The van der Waals surface area contributed by atoms with Crippen molar-refractivity contribution >= 4 is 41.5 Å². The molecular formula is C11H15BrN2O4S2. The van der Waals surface area contributed by atoms with Gasteiger partial charge in [-0.1, -0.05) is 15.9 Å². The van der Waals surface area contributed by atoms with Gasteiger partial charge in [0.15, 0.2) is 9.84 Å². The van der Waals surface area contributed by atoms with Crippen molar-refractivity contribution < 1.29 is 16.8 Å². The van der Waals surface area contributed by atoms with Gasteiger partial charge >= 0.3 is 0 Å². The second-order valence-corrected chi connectivity index (χ2v) is 9.67. The van der Waals surface area contributed by atoms with Crippen LogP contribution in [0.25, 0.3) is 0 Å². The molecule has 1 atom stereocenters. The number of benzene rings is 1. The lowest BCUT2D eigenvalue weighted by Gasteiger charge is -2.14. The van der Waals surface area contributed by atoms with Gasteiger partial charge in [0.05, 0.1) is 16.4 Å². The van der Waals surface area contributed by atoms with Crippen LogP contribution in [0.1, 0.15) is 12.0 Å². The summed E-state index contributed by atoms with van der Waals surface area (Å²) in [7, 11) is -6.93. The summed E-state index contributed by atoms with van der Waals surface area (Å²) in [4.78, 5) is 0.0636. The summed E-state index contributed by atoms with van der Waals surface area (Å²) in [6.07, 6.45) is 0.296. The molecule has 0 aliphatic carbocycles. The van der Waals surface area contributed by atoms with Crippen molar-refractivity contribution in [1.29, 1.82) is 0 Å². The summed E-state index contributed by atoms with van der Waals surface area (Å²) in [6.45, 7) is 1.61. The molecule has 2 rings (SSSR count). The van der Waals surface area contributed by atoms with Crippen molar-refractivity contribution in [2.75, 3.05) is 17.2 Å². The zero-order valence-corrected chi connectivity index (χ0v) is 14.0. The maximum Gasteiger partial charge on any atom is 0.241 e. The summed E-state index contributed by atoms with van der Waals surface area (Å²) in [5.41, 5.74) is 6.56. The third kappa shape index (κ3) is 3.33. The van der Waals surface area contributed by atoms with E-state index < -0.39 is 25.9 Å². The van der Waals surface area contributed by atoms with E-state index in [9.17, 15) is 16.8 Å². The molecule has 1 fully saturated rings. The summed E-state index contributed by atoms with van der Waals surface area (Å²) in [5.74, 6) is -0.144. The van der Waals surface area contributed by atoms with Crippen LogP contribution < -0.4 is 10.5 Å². The number of halogens is 1. The highest BCUT2D eigenvalue weighted by molar-refractivity contribution is 9.10. The number of rotatable bonds is 3. The van der Waals surface area contributed by atoms with Crippen LogP contribution in [0.5, 0.6) is 0 Å². The van der Waals surface area contributed by atoms with E-state index >= 15 is 0 Å². The molecule has 1 saturated heterocycles. The fourth-order valence-corrected chi connectivity index (χ4v) is 6.10. The Labute approximate surface area is 126 Å². The summed E-state index contributed by atoms with van der Waals surface area (Å²) in [5, 5.41) is 0. The molecule has 6 nitrogen and oxygen atoms in total. The highest BCUT2D eigenvalue weighted by Crippen LogP contribution is 2.27. The molecule has 1 aliphatic heterocycles. The molecule has 0 spiro atoms. The standard InChI is InChI=1S/C11H15BrN2O4S2/c1-7-10(13)4-8(12)5-11(7)20(17,18)14-9-2-3-19(15,16)6-9/h4-5,9,14H,2-3,6,13H2,1H3. The minimum Gasteiger partial charge on any atom is -0.398 e. The van der Waals surface area contributed by atoms with Crippen LogP contribution in [-0.2, 0) is 19.9 Å². The minimum atomic E-state index is -3.79. The number of hydrogen-bond donors (Lipinski definition) is 2. The quantitative estimate of drug-likeness (QED) is 0.752. The average Bonchev–Trinajstić information content (AvgIpc) is 2.62. The summed E-state index contributed by atoms with van der Waals surface area (Å²) < 4.78 is 50.4. The second kappa shape index (κ2) is 5.28. The van der Waals surface area contributed by atoms with E-state index in [1.54, 1.807) is 13.0 Å².